The highest BCUT2D eigenvalue weighted by molar-refractivity contribution is 5.14. The predicted molar refractivity (Wildman–Crippen MR) is 92.3 cm³/mol. The van der Waals surface area contributed by atoms with Crippen LogP contribution in [0.1, 0.15) is 72.6 Å². The largest absolute Gasteiger partial charge is 0.366 e. The van der Waals surface area contributed by atoms with Crippen LogP contribution in [-0.4, -0.2) is 30.2 Å². The van der Waals surface area contributed by atoms with E-state index in [0.717, 1.165) is 25.7 Å². The first-order valence-electron chi connectivity index (χ1n) is 9.20. The molecular weight excluding hydrogens is 288 g/mol. The van der Waals surface area contributed by atoms with Gasteiger partial charge in [0.1, 0.15) is 0 Å². The number of rotatable bonds is 3. The molecule has 0 aromatic heterocycles. The molecule has 0 bridgehead atoms. The summed E-state index contributed by atoms with van der Waals surface area (Å²) in [5.41, 5.74) is 2.50. The fourth-order valence-electron chi connectivity index (χ4n) is 4.25. The lowest BCUT2D eigenvalue weighted by atomic mass is 9.93. The fourth-order valence-corrected chi connectivity index (χ4v) is 4.25. The molecule has 1 spiro atoms. The third-order valence-corrected chi connectivity index (χ3v) is 5.18. The molecule has 0 aromatic rings. The van der Waals surface area contributed by atoms with Crippen molar-refractivity contribution < 1.29 is 14.2 Å². The molecular formula is C20H32O3. The Bertz CT molecular complexity index is 483. The van der Waals surface area contributed by atoms with E-state index in [0.29, 0.717) is 6.61 Å². The maximum Gasteiger partial charge on any atom is 0.169 e. The van der Waals surface area contributed by atoms with Crippen LogP contribution in [0.3, 0.4) is 0 Å². The third-order valence-electron chi connectivity index (χ3n) is 5.18. The Balaban J connectivity index is 1.64. The smallest absolute Gasteiger partial charge is 0.169 e. The van der Waals surface area contributed by atoms with Crippen LogP contribution < -0.4 is 0 Å². The fraction of sp³-hybridized carbons (Fsp3) is 0.800. The molecule has 3 rings (SSSR count). The van der Waals surface area contributed by atoms with Crippen LogP contribution >= 0.6 is 0 Å². The Morgan fingerprint density at radius 1 is 1.26 bits per heavy atom. The molecule has 1 saturated heterocycles. The molecule has 1 aliphatic carbocycles. The lowest BCUT2D eigenvalue weighted by Crippen LogP contribution is -2.40. The summed E-state index contributed by atoms with van der Waals surface area (Å²) >= 11 is 0. The molecule has 3 heteroatoms. The van der Waals surface area contributed by atoms with Crippen LogP contribution in [0.15, 0.2) is 23.3 Å². The van der Waals surface area contributed by atoms with E-state index < -0.39 is 0 Å². The first kappa shape index (κ1) is 17.2. The maximum atomic E-state index is 6.48. The minimum absolute atomic E-state index is 0.122. The van der Waals surface area contributed by atoms with E-state index in [1.54, 1.807) is 0 Å². The van der Waals surface area contributed by atoms with Gasteiger partial charge in [-0.15, -0.1) is 0 Å². The molecule has 0 radical (unpaired) electrons. The van der Waals surface area contributed by atoms with Gasteiger partial charge in [0.05, 0.1) is 24.4 Å². The quantitative estimate of drug-likeness (QED) is 0.691. The van der Waals surface area contributed by atoms with Gasteiger partial charge < -0.3 is 14.2 Å². The first-order chi connectivity index (χ1) is 10.9. The van der Waals surface area contributed by atoms with Crippen molar-refractivity contribution in [3.05, 3.63) is 23.3 Å². The topological polar surface area (TPSA) is 27.7 Å². The molecule has 23 heavy (non-hydrogen) atoms. The van der Waals surface area contributed by atoms with Gasteiger partial charge in [-0.25, -0.2) is 0 Å². The van der Waals surface area contributed by atoms with Crippen LogP contribution in [0, 0.1) is 0 Å². The molecule has 2 fully saturated rings. The van der Waals surface area contributed by atoms with E-state index in [9.17, 15) is 0 Å². The standard InChI is InChI=1S/C20H32O3/c1-15(2)10-17-11-16(3)12-18(22-17)13-19(4)14-21-20(23-19)8-6-5-7-9-20/h10,12,17-18H,5-9,11,13-14H2,1-4H3/t17-,18+,19+/m0/s1. The van der Waals surface area contributed by atoms with E-state index in [2.05, 4.69) is 39.8 Å². The van der Waals surface area contributed by atoms with Gasteiger partial charge in [-0.3, -0.25) is 0 Å². The number of ether oxygens (including phenoxy) is 3. The van der Waals surface area contributed by atoms with E-state index >= 15 is 0 Å². The van der Waals surface area contributed by atoms with E-state index in [4.69, 9.17) is 14.2 Å². The number of allylic oxidation sites excluding steroid dienone is 1. The summed E-state index contributed by atoms with van der Waals surface area (Å²) in [5, 5.41) is 0. The molecule has 130 valence electrons. The molecule has 3 atom stereocenters. The molecule has 1 saturated carbocycles. The Morgan fingerprint density at radius 3 is 2.70 bits per heavy atom. The minimum Gasteiger partial charge on any atom is -0.366 e. The van der Waals surface area contributed by atoms with Gasteiger partial charge >= 0.3 is 0 Å². The normalized spacial score (nSPS) is 36.8. The highest BCUT2D eigenvalue weighted by atomic mass is 16.8. The third kappa shape index (κ3) is 4.26. The summed E-state index contributed by atoms with van der Waals surface area (Å²) in [6.45, 7) is 9.35. The Morgan fingerprint density at radius 2 is 2.00 bits per heavy atom. The molecule has 2 heterocycles. The summed E-state index contributed by atoms with van der Waals surface area (Å²) in [7, 11) is 0. The van der Waals surface area contributed by atoms with E-state index in [1.165, 1.54) is 30.4 Å². The van der Waals surface area contributed by atoms with Gasteiger partial charge in [-0.2, -0.15) is 0 Å². The molecule has 0 amide bonds. The van der Waals surface area contributed by atoms with Crippen molar-refractivity contribution in [3.8, 4) is 0 Å². The Kier molecular flexibility index (Phi) is 5.01. The van der Waals surface area contributed by atoms with Crippen LogP contribution in [0.2, 0.25) is 0 Å². The average Bonchev–Trinajstić information content (AvgIpc) is 2.74. The second kappa shape index (κ2) is 6.70. The Labute approximate surface area is 141 Å². The van der Waals surface area contributed by atoms with Crippen molar-refractivity contribution in [2.75, 3.05) is 6.61 Å². The summed E-state index contributed by atoms with van der Waals surface area (Å²) in [6.07, 6.45) is 12.5. The van der Waals surface area contributed by atoms with Crippen molar-refractivity contribution >= 4 is 0 Å². The van der Waals surface area contributed by atoms with E-state index in [-0.39, 0.29) is 23.6 Å². The maximum absolute atomic E-state index is 6.48. The van der Waals surface area contributed by atoms with Gasteiger partial charge in [0.2, 0.25) is 0 Å². The van der Waals surface area contributed by atoms with Crippen LogP contribution in [-0.2, 0) is 14.2 Å². The molecule has 0 aromatic carbocycles. The Hall–Kier alpha value is -0.640. The lowest BCUT2D eigenvalue weighted by molar-refractivity contribution is -0.206. The number of hydrogen-bond acceptors (Lipinski definition) is 3. The van der Waals surface area contributed by atoms with Crippen molar-refractivity contribution in [3.63, 3.8) is 0 Å². The summed E-state index contributed by atoms with van der Waals surface area (Å²) in [4.78, 5) is 0. The molecule has 3 nitrogen and oxygen atoms in total. The zero-order valence-corrected chi connectivity index (χ0v) is 15.2. The zero-order chi connectivity index (χ0) is 16.5. The summed E-state index contributed by atoms with van der Waals surface area (Å²) < 4.78 is 18.9. The minimum atomic E-state index is -0.306. The highest BCUT2D eigenvalue weighted by Gasteiger charge is 2.49. The molecule has 2 aliphatic heterocycles. The van der Waals surface area contributed by atoms with Crippen molar-refractivity contribution in [2.24, 2.45) is 0 Å². The monoisotopic (exact) mass is 320 g/mol. The van der Waals surface area contributed by atoms with Gasteiger partial charge in [0, 0.05) is 19.3 Å². The number of hydrogen-bond donors (Lipinski definition) is 0. The molecule has 0 N–H and O–H groups in total. The second-order valence-electron chi connectivity index (χ2n) is 8.19. The van der Waals surface area contributed by atoms with Crippen LogP contribution in [0.5, 0.6) is 0 Å². The van der Waals surface area contributed by atoms with Crippen molar-refractivity contribution in [2.45, 2.75) is 96.2 Å². The lowest BCUT2D eigenvalue weighted by Gasteiger charge is -2.36. The zero-order valence-electron chi connectivity index (χ0n) is 15.2. The first-order valence-corrected chi connectivity index (χ1v) is 9.20. The van der Waals surface area contributed by atoms with Crippen LogP contribution in [0.4, 0.5) is 0 Å². The van der Waals surface area contributed by atoms with Gasteiger partial charge in [0.25, 0.3) is 0 Å². The SMILES string of the molecule is CC(C)=C[C@H]1CC(C)=C[C@H](C[C@]2(C)COC3(CCCCC3)O2)O1. The van der Waals surface area contributed by atoms with Crippen molar-refractivity contribution in [1.82, 2.24) is 0 Å². The molecule has 3 aliphatic rings. The van der Waals surface area contributed by atoms with Crippen molar-refractivity contribution in [1.29, 1.82) is 0 Å². The van der Waals surface area contributed by atoms with Gasteiger partial charge in [-0.05, 0) is 47.0 Å². The van der Waals surface area contributed by atoms with E-state index in [1.807, 2.05) is 0 Å². The van der Waals surface area contributed by atoms with Crippen LogP contribution in [0.25, 0.3) is 0 Å². The second-order valence-corrected chi connectivity index (χ2v) is 8.19. The summed E-state index contributed by atoms with van der Waals surface area (Å²) in [6, 6.07) is 0. The predicted octanol–water partition coefficient (Wildman–Crippen LogP) is 4.91. The molecule has 0 unspecified atom stereocenters. The highest BCUT2D eigenvalue weighted by Crippen LogP contribution is 2.44. The van der Waals surface area contributed by atoms with Gasteiger partial charge in [0.15, 0.2) is 5.79 Å². The average molecular weight is 320 g/mol. The summed E-state index contributed by atoms with van der Waals surface area (Å²) in [5.74, 6) is -0.306. The van der Waals surface area contributed by atoms with Gasteiger partial charge in [-0.1, -0.05) is 29.7 Å².